The topological polar surface area (TPSA) is 277 Å². The molecule has 0 unspecified atom stereocenters. The van der Waals surface area contributed by atoms with E-state index >= 15 is 0 Å². The first-order valence-electron chi connectivity index (χ1n) is 2.83. The van der Waals surface area contributed by atoms with E-state index in [-0.39, 0.29) is 126 Å². The summed E-state index contributed by atoms with van der Waals surface area (Å²) in [4.78, 5) is 0. The molecule has 0 amide bonds. The fourth-order valence-electron chi connectivity index (χ4n) is 0. The molecule has 0 N–H and O–H groups in total. The maximum atomic E-state index is 8.42. The second-order valence-electron chi connectivity index (χ2n) is 1.15. The summed E-state index contributed by atoms with van der Waals surface area (Å²) in [5.74, 6) is 0. The second-order valence-corrected chi connectivity index (χ2v) is 1.15. The summed E-state index contributed by atoms with van der Waals surface area (Å²) in [6.45, 7) is 0. The third kappa shape index (κ3) is 821. The van der Waals surface area contributed by atoms with Gasteiger partial charge >= 0.3 is 126 Å². The minimum atomic E-state index is -2.92. The molecule has 0 radical (unpaired) electrons. The van der Waals surface area contributed by atoms with E-state index in [0.29, 0.717) is 0 Å². The summed E-state index contributed by atoms with van der Waals surface area (Å²) in [7, 11) is -11.7. The van der Waals surface area contributed by atoms with Crippen LogP contribution in [0.2, 0.25) is 0 Å². The van der Waals surface area contributed by atoms with E-state index < -0.39 is 29.3 Å². The van der Waals surface area contributed by atoms with Gasteiger partial charge in [-0.1, -0.05) is 0 Å². The van der Waals surface area contributed by atoms with Crippen LogP contribution in [-0.2, 0) is 126 Å². The minimum absolute atomic E-state index is 0. The Morgan fingerprint density at radius 1 is 0.227 bits per heavy atom. The van der Waals surface area contributed by atoms with Gasteiger partial charge in [-0.2, -0.15) is 0 Å². The third-order valence-electron chi connectivity index (χ3n) is 0. The summed E-state index contributed by atoms with van der Waals surface area (Å²) >= 11 is 0. The van der Waals surface area contributed by atoms with Crippen molar-refractivity contribution in [2.24, 2.45) is 0 Å². The quantitative estimate of drug-likeness (QED) is 0.205. The van der Waals surface area contributed by atoms with Crippen LogP contribution in [0.3, 0.4) is 0 Å². The van der Waals surface area contributed by atoms with Crippen LogP contribution in [0.15, 0.2) is 0 Å². The molecule has 0 aromatic carbocycles. The van der Waals surface area contributed by atoms with E-state index in [4.69, 9.17) is 60.3 Å². The fraction of sp³-hybridized carbons (Fsp3) is 0. The van der Waals surface area contributed by atoms with Crippen LogP contribution in [0.1, 0.15) is 0 Å². The van der Waals surface area contributed by atoms with Gasteiger partial charge < -0.3 is 60.3 Å². The summed E-state index contributed by atoms with van der Waals surface area (Å²) in [6.07, 6.45) is 0. The van der Waals surface area contributed by atoms with Crippen molar-refractivity contribution in [1.82, 2.24) is 0 Å². The molecule has 12 nitrogen and oxygen atoms in total. The first-order chi connectivity index (χ1) is 6.93. The van der Waals surface area contributed by atoms with Gasteiger partial charge in [0.15, 0.2) is 0 Å². The van der Waals surface area contributed by atoms with Crippen molar-refractivity contribution in [3.8, 4) is 0 Å². The zero-order valence-electron chi connectivity index (χ0n) is 9.11. The Bertz CT molecular complexity index is 74.6. The monoisotopic (exact) mass is 1410 g/mol. The van der Waals surface area contributed by atoms with Crippen LogP contribution in [0.5, 0.6) is 0 Å². The molecule has 0 saturated carbocycles. The molecule has 0 bridgehead atoms. The molecule has 0 aromatic rings. The molecule has 22 heavy (non-hydrogen) atoms. The molecule has 0 fully saturated rings. The fourth-order valence-corrected chi connectivity index (χ4v) is 0. The van der Waals surface area contributed by atoms with Crippen molar-refractivity contribution >= 4 is 29.3 Å². The Morgan fingerprint density at radius 2 is 0.227 bits per heavy atom. The van der Waals surface area contributed by atoms with Crippen LogP contribution in [0, 0.1) is 0 Å². The van der Waals surface area contributed by atoms with E-state index in [2.05, 4.69) is 0 Å². The van der Waals surface area contributed by atoms with Crippen molar-refractivity contribution in [3.05, 3.63) is 0 Å². The molecule has 0 aliphatic heterocycles. The zero-order chi connectivity index (χ0) is 14.3. The van der Waals surface area contributed by atoms with Crippen molar-refractivity contribution in [2.45, 2.75) is 0 Å². The van der Waals surface area contributed by atoms with E-state index in [1.54, 1.807) is 0 Å². The summed E-state index contributed by atoms with van der Waals surface area (Å²) in [5, 5.41) is 101. The molecule has 0 rings (SSSR count). The maximum Gasteiger partial charge on any atom is 2.00 e. The molecule has 0 saturated heterocycles. The smallest absolute Gasteiger partial charge is 0.907 e. The maximum absolute atomic E-state index is 8.42. The molecule has 22 heteroatoms. The van der Waals surface area contributed by atoms with Crippen LogP contribution >= 0.6 is 0 Å². The molecule has 0 aliphatic carbocycles. The van der Waals surface area contributed by atoms with Gasteiger partial charge in [0.1, 0.15) is 0 Å². The summed E-state index contributed by atoms with van der Waals surface area (Å²) < 4.78 is 0. The minimum Gasteiger partial charge on any atom is -0.907 e. The van der Waals surface area contributed by atoms with Crippen molar-refractivity contribution in [3.63, 3.8) is 0 Å². The molecule has 144 valence electrons. The largest absolute Gasteiger partial charge is 2.00 e. The van der Waals surface area contributed by atoms with Crippen molar-refractivity contribution < 1.29 is 187 Å². The van der Waals surface area contributed by atoms with E-state index in [9.17, 15) is 0 Å². The number of rotatable bonds is 0. The van der Waals surface area contributed by atoms with Gasteiger partial charge in [0, 0.05) is 0 Å². The van der Waals surface area contributed by atoms with Gasteiger partial charge in [0.25, 0.3) is 0 Å². The predicted molar refractivity (Wildman–Crippen MR) is 23.0 cm³/mol. The van der Waals surface area contributed by atoms with E-state index in [1.165, 1.54) is 0 Å². The first kappa shape index (κ1) is 63.5. The zero-order valence-corrected chi connectivity index (χ0v) is 22.7. The van der Waals surface area contributed by atoms with Crippen LogP contribution in [-0.4, -0.2) is 29.3 Å². The molecule has 0 heterocycles. The van der Waals surface area contributed by atoms with Gasteiger partial charge in [-0.3, -0.25) is 29.3 Å². The molecular weight excluding hydrogens is 1410 g/mol. The Balaban J connectivity index is -0.00000001000. The standard InChI is InChI=1S/4BO3.6Pt/c4*2-1(3)4;;;;;;/q4*-3;6*+2. The Morgan fingerprint density at radius 3 is 0.227 bits per heavy atom. The average molecular weight is 1410 g/mol. The first-order valence-corrected chi connectivity index (χ1v) is 2.83. The Kier molecular flexibility index (Phi) is 162. The molecule has 0 aromatic heterocycles. The van der Waals surface area contributed by atoms with Gasteiger partial charge in [-0.15, -0.1) is 0 Å². The Hall–Kier alpha value is 3.91. The van der Waals surface area contributed by atoms with Crippen LogP contribution in [0.4, 0.5) is 0 Å². The Labute approximate surface area is 213 Å². The average Bonchev–Trinajstić information content (AvgIpc) is 1.76. The normalized spacial score (nSPS) is 4.91. The predicted octanol–water partition coefficient (Wildman–Crippen LogP) is -15.8. The number of hydrogen-bond donors (Lipinski definition) is 0. The molecule has 0 aliphatic rings. The summed E-state index contributed by atoms with van der Waals surface area (Å²) in [6, 6.07) is 0. The van der Waals surface area contributed by atoms with Gasteiger partial charge in [-0.05, 0) is 0 Å². The number of hydrogen-bond acceptors (Lipinski definition) is 12. The van der Waals surface area contributed by atoms with Gasteiger partial charge in [0.2, 0.25) is 0 Å². The van der Waals surface area contributed by atoms with E-state index in [1.807, 2.05) is 0 Å². The molecule has 0 atom stereocenters. The van der Waals surface area contributed by atoms with Gasteiger partial charge in [0.05, 0.1) is 0 Å². The third-order valence-corrected chi connectivity index (χ3v) is 0. The second kappa shape index (κ2) is 56.3. The SMILES string of the molecule is [O-]B([O-])[O-].[O-]B([O-])[O-].[O-]B([O-])[O-].[O-]B([O-])[O-].[Pt+2].[Pt+2].[Pt+2].[Pt+2].[Pt+2].[Pt+2]. The van der Waals surface area contributed by atoms with E-state index in [0.717, 1.165) is 0 Å². The molecule has 0 spiro atoms. The summed E-state index contributed by atoms with van der Waals surface area (Å²) in [5.41, 5.74) is 0. The van der Waals surface area contributed by atoms with Crippen LogP contribution in [0.25, 0.3) is 0 Å². The van der Waals surface area contributed by atoms with Crippen molar-refractivity contribution in [2.75, 3.05) is 0 Å². The van der Waals surface area contributed by atoms with Crippen molar-refractivity contribution in [1.29, 1.82) is 0 Å². The van der Waals surface area contributed by atoms with Gasteiger partial charge in [-0.25, -0.2) is 0 Å². The molecular formula is B4O12Pt6. The van der Waals surface area contributed by atoms with Crippen LogP contribution < -0.4 is 60.3 Å².